The maximum absolute atomic E-state index is 11.5. The van der Waals surface area contributed by atoms with E-state index in [1.165, 1.54) is 6.21 Å². The monoisotopic (exact) mass is 226 g/mol. The molecule has 84 valence electrons. The van der Waals surface area contributed by atoms with E-state index in [0.717, 1.165) is 0 Å². The van der Waals surface area contributed by atoms with Crippen molar-refractivity contribution >= 4 is 12.2 Å². The van der Waals surface area contributed by atoms with Crippen molar-refractivity contribution in [2.45, 2.75) is 0 Å². The minimum absolute atomic E-state index is 0.464. The number of hydrogen-bond donors (Lipinski definition) is 0. The maximum atomic E-state index is 11.5. The van der Waals surface area contributed by atoms with E-state index in [0.29, 0.717) is 11.3 Å². The molecule has 0 atom stereocenters. The molecule has 0 fully saturated rings. The zero-order valence-corrected chi connectivity index (χ0v) is 8.98. The Kier molecular flexibility index (Phi) is 3.60. The van der Waals surface area contributed by atoms with Gasteiger partial charge in [-0.05, 0) is 24.3 Å². The van der Waals surface area contributed by atoms with E-state index < -0.39 is 5.97 Å². The predicted octanol–water partition coefficient (Wildman–Crippen LogP) is 2.27. The molecular formula is C13H10N2O2. The van der Waals surface area contributed by atoms with Gasteiger partial charge < -0.3 is 4.84 Å². The van der Waals surface area contributed by atoms with Crippen molar-refractivity contribution in [1.82, 2.24) is 4.98 Å². The summed E-state index contributed by atoms with van der Waals surface area (Å²) in [6.07, 6.45) is 3.03. The minimum Gasteiger partial charge on any atom is -0.313 e. The molecule has 2 rings (SSSR count). The SMILES string of the molecule is O=C(ON=Cc1ccccn1)c1ccccc1. The lowest BCUT2D eigenvalue weighted by molar-refractivity contribution is 0.0519. The fourth-order valence-corrected chi connectivity index (χ4v) is 1.21. The molecule has 0 saturated carbocycles. The van der Waals surface area contributed by atoms with Gasteiger partial charge in [-0.3, -0.25) is 4.98 Å². The van der Waals surface area contributed by atoms with Crippen LogP contribution < -0.4 is 0 Å². The van der Waals surface area contributed by atoms with Crippen LogP contribution in [0.3, 0.4) is 0 Å². The van der Waals surface area contributed by atoms with Crippen molar-refractivity contribution in [3.63, 3.8) is 0 Å². The van der Waals surface area contributed by atoms with Gasteiger partial charge in [-0.2, -0.15) is 0 Å². The van der Waals surface area contributed by atoms with E-state index in [1.54, 1.807) is 42.6 Å². The zero-order chi connectivity index (χ0) is 11.9. The van der Waals surface area contributed by atoms with Crippen LogP contribution in [0.15, 0.2) is 59.9 Å². The predicted molar refractivity (Wildman–Crippen MR) is 63.7 cm³/mol. The first-order valence-electron chi connectivity index (χ1n) is 5.07. The molecule has 0 aliphatic heterocycles. The molecule has 1 heterocycles. The highest BCUT2D eigenvalue weighted by molar-refractivity contribution is 5.89. The number of oxime groups is 1. The molecule has 1 aromatic carbocycles. The van der Waals surface area contributed by atoms with E-state index >= 15 is 0 Å². The largest absolute Gasteiger partial charge is 0.365 e. The third-order valence-corrected chi connectivity index (χ3v) is 2.02. The van der Waals surface area contributed by atoms with Gasteiger partial charge in [-0.15, -0.1) is 0 Å². The Bertz CT molecular complexity index is 509. The van der Waals surface area contributed by atoms with Crippen LogP contribution in [0.2, 0.25) is 0 Å². The summed E-state index contributed by atoms with van der Waals surface area (Å²) in [5.74, 6) is -0.488. The molecule has 0 amide bonds. The molecule has 4 nitrogen and oxygen atoms in total. The third kappa shape index (κ3) is 3.24. The highest BCUT2D eigenvalue weighted by Gasteiger charge is 2.04. The number of hydrogen-bond acceptors (Lipinski definition) is 4. The molecule has 0 bridgehead atoms. The van der Waals surface area contributed by atoms with Gasteiger partial charge in [0.15, 0.2) is 0 Å². The molecule has 4 heteroatoms. The lowest BCUT2D eigenvalue weighted by Gasteiger charge is -1.96. The van der Waals surface area contributed by atoms with Crippen LogP contribution in [0.4, 0.5) is 0 Å². The first-order valence-corrected chi connectivity index (χ1v) is 5.07. The molecule has 0 aliphatic carbocycles. The van der Waals surface area contributed by atoms with E-state index in [2.05, 4.69) is 10.1 Å². The number of benzene rings is 1. The summed E-state index contributed by atoms with van der Waals surface area (Å²) in [5.41, 5.74) is 1.10. The van der Waals surface area contributed by atoms with Crippen LogP contribution >= 0.6 is 0 Å². The van der Waals surface area contributed by atoms with Crippen LogP contribution in [0.5, 0.6) is 0 Å². The summed E-state index contributed by atoms with van der Waals surface area (Å²) < 4.78 is 0. The summed E-state index contributed by atoms with van der Waals surface area (Å²) >= 11 is 0. The van der Waals surface area contributed by atoms with Crippen LogP contribution in [-0.4, -0.2) is 17.2 Å². The third-order valence-electron chi connectivity index (χ3n) is 2.02. The second-order valence-corrected chi connectivity index (χ2v) is 3.23. The first-order chi connectivity index (χ1) is 8.36. The highest BCUT2D eigenvalue weighted by Crippen LogP contribution is 2.01. The summed E-state index contributed by atoms with van der Waals surface area (Å²) in [4.78, 5) is 20.2. The normalized spacial score (nSPS) is 10.4. The average Bonchev–Trinajstić information content (AvgIpc) is 2.41. The number of carbonyl (C=O) groups is 1. The van der Waals surface area contributed by atoms with Gasteiger partial charge >= 0.3 is 5.97 Å². The van der Waals surface area contributed by atoms with Crippen LogP contribution in [0.1, 0.15) is 16.1 Å². The minimum atomic E-state index is -0.488. The molecular weight excluding hydrogens is 216 g/mol. The van der Waals surface area contributed by atoms with Crippen molar-refractivity contribution in [3.8, 4) is 0 Å². The van der Waals surface area contributed by atoms with Gasteiger partial charge in [0, 0.05) is 6.20 Å². The fourth-order valence-electron chi connectivity index (χ4n) is 1.21. The van der Waals surface area contributed by atoms with Crippen LogP contribution in [0.25, 0.3) is 0 Å². The van der Waals surface area contributed by atoms with E-state index in [1.807, 2.05) is 12.1 Å². The Morgan fingerprint density at radius 1 is 1.12 bits per heavy atom. The van der Waals surface area contributed by atoms with E-state index in [4.69, 9.17) is 4.84 Å². The van der Waals surface area contributed by atoms with Crippen molar-refractivity contribution in [2.75, 3.05) is 0 Å². The second-order valence-electron chi connectivity index (χ2n) is 3.23. The Hall–Kier alpha value is -2.49. The number of pyridine rings is 1. The summed E-state index contributed by atoms with van der Waals surface area (Å²) in [7, 11) is 0. The second kappa shape index (κ2) is 5.55. The molecule has 17 heavy (non-hydrogen) atoms. The lowest BCUT2D eigenvalue weighted by Crippen LogP contribution is -2.00. The van der Waals surface area contributed by atoms with Crippen molar-refractivity contribution in [3.05, 3.63) is 66.0 Å². The molecule has 2 aromatic rings. The van der Waals surface area contributed by atoms with Gasteiger partial charge in [0.05, 0.1) is 17.5 Å². The van der Waals surface area contributed by atoms with Crippen molar-refractivity contribution < 1.29 is 9.63 Å². The topological polar surface area (TPSA) is 51.5 Å². The highest BCUT2D eigenvalue weighted by atomic mass is 16.7. The Morgan fingerprint density at radius 3 is 2.59 bits per heavy atom. The number of carbonyl (C=O) groups excluding carboxylic acids is 1. The Balaban J connectivity index is 1.95. The standard InChI is InChI=1S/C13H10N2O2/c16-13(11-6-2-1-3-7-11)17-15-10-12-8-4-5-9-14-12/h1-10H. The summed E-state index contributed by atoms with van der Waals surface area (Å²) in [5, 5.41) is 3.58. The van der Waals surface area contributed by atoms with Gasteiger partial charge in [-0.1, -0.05) is 29.4 Å². The summed E-state index contributed by atoms with van der Waals surface area (Å²) in [6, 6.07) is 14.1. The number of aromatic nitrogens is 1. The van der Waals surface area contributed by atoms with Crippen molar-refractivity contribution in [1.29, 1.82) is 0 Å². The fraction of sp³-hybridized carbons (Fsp3) is 0. The van der Waals surface area contributed by atoms with Gasteiger partial charge in [0.2, 0.25) is 0 Å². The average molecular weight is 226 g/mol. The smallest absolute Gasteiger partial charge is 0.313 e. The molecule has 0 radical (unpaired) electrons. The van der Waals surface area contributed by atoms with Crippen LogP contribution in [-0.2, 0) is 4.84 Å². The van der Waals surface area contributed by atoms with Crippen LogP contribution in [0, 0.1) is 0 Å². The molecule has 0 saturated heterocycles. The number of rotatable bonds is 3. The Labute approximate surface area is 98.6 Å². The van der Waals surface area contributed by atoms with E-state index in [-0.39, 0.29) is 0 Å². The lowest BCUT2D eigenvalue weighted by atomic mass is 10.2. The first kappa shape index (κ1) is 11.0. The quantitative estimate of drug-likeness (QED) is 0.458. The number of nitrogens with zero attached hydrogens (tertiary/aromatic N) is 2. The summed E-state index contributed by atoms with van der Waals surface area (Å²) in [6.45, 7) is 0. The van der Waals surface area contributed by atoms with Gasteiger partial charge in [0.1, 0.15) is 0 Å². The molecule has 0 aliphatic rings. The molecule has 1 aromatic heterocycles. The van der Waals surface area contributed by atoms with Crippen molar-refractivity contribution in [2.24, 2.45) is 5.16 Å². The molecule has 0 unspecified atom stereocenters. The molecule has 0 spiro atoms. The van der Waals surface area contributed by atoms with Gasteiger partial charge in [0.25, 0.3) is 0 Å². The molecule has 0 N–H and O–H groups in total. The maximum Gasteiger partial charge on any atom is 0.365 e. The van der Waals surface area contributed by atoms with Gasteiger partial charge in [-0.25, -0.2) is 4.79 Å². The zero-order valence-electron chi connectivity index (χ0n) is 8.98. The Morgan fingerprint density at radius 2 is 1.88 bits per heavy atom. The van der Waals surface area contributed by atoms with E-state index in [9.17, 15) is 4.79 Å².